The van der Waals surface area contributed by atoms with Crippen molar-refractivity contribution in [2.24, 2.45) is 4.99 Å². The maximum Gasteiger partial charge on any atom is 0.328 e. The lowest BCUT2D eigenvalue weighted by Gasteiger charge is -2.47. The van der Waals surface area contributed by atoms with Crippen LogP contribution in [0.25, 0.3) is 0 Å². The lowest BCUT2D eigenvalue weighted by molar-refractivity contribution is 0.137. The van der Waals surface area contributed by atoms with Crippen LogP contribution >= 0.6 is 24.8 Å². The van der Waals surface area contributed by atoms with E-state index in [0.29, 0.717) is 11.7 Å². The number of likely N-dealkylation sites (tertiary alicyclic amines) is 1. The molecule has 5 nitrogen and oxygen atoms in total. The van der Waals surface area contributed by atoms with Crippen LogP contribution in [0.2, 0.25) is 25.7 Å². The number of carbonyl (C=O) groups is 1. The molecule has 1 spiro atoms. The van der Waals surface area contributed by atoms with Crippen molar-refractivity contribution < 1.29 is 9.18 Å². The number of nitrogens with zero attached hydrogens (tertiary/aromatic N) is 3. The van der Waals surface area contributed by atoms with Crippen molar-refractivity contribution in [2.45, 2.75) is 95.2 Å². The van der Waals surface area contributed by atoms with Gasteiger partial charge in [-0.1, -0.05) is 45.0 Å². The standard InChI is InChI=1S/C25H39FN4OSi.2ClH/c1-19-18-25(13-14-29(19)15-16-32(2,3)4)23(27-21-10-6-5-7-11-21)28-24(31)30(25)22-12-8-9-20(26)17-22;;/h8-9,12,17,19,21H,5-7,10-11,13-16,18H2,1-4H3,(H,27,28,31);2*1H/t19-,25+;;/m0../s1. The van der Waals surface area contributed by atoms with Crippen molar-refractivity contribution in [1.29, 1.82) is 0 Å². The highest BCUT2D eigenvalue weighted by atomic mass is 35.5. The number of benzene rings is 1. The van der Waals surface area contributed by atoms with Gasteiger partial charge in [0.15, 0.2) is 0 Å². The van der Waals surface area contributed by atoms with Crippen LogP contribution in [-0.4, -0.2) is 55.6 Å². The summed E-state index contributed by atoms with van der Waals surface area (Å²) in [5.74, 6) is 0.499. The number of carbonyl (C=O) groups excluding carboxylic acids is 1. The first-order valence-electron chi connectivity index (χ1n) is 12.4. The van der Waals surface area contributed by atoms with Gasteiger partial charge >= 0.3 is 6.03 Å². The van der Waals surface area contributed by atoms with Gasteiger partial charge in [0.1, 0.15) is 17.2 Å². The largest absolute Gasteiger partial charge is 0.328 e. The number of aliphatic imine (C=N–C) groups is 1. The molecule has 4 rings (SSSR count). The number of piperidine rings is 1. The van der Waals surface area contributed by atoms with Crippen molar-refractivity contribution in [3.63, 3.8) is 0 Å². The van der Waals surface area contributed by atoms with E-state index in [1.165, 1.54) is 37.4 Å². The van der Waals surface area contributed by atoms with Crippen LogP contribution in [0.5, 0.6) is 0 Å². The molecule has 0 bridgehead atoms. The number of rotatable bonds is 5. The third kappa shape index (κ3) is 6.34. The van der Waals surface area contributed by atoms with Gasteiger partial charge in [-0.05, 0) is 63.4 Å². The van der Waals surface area contributed by atoms with Crippen molar-refractivity contribution in [3.8, 4) is 0 Å². The number of hydrogen-bond acceptors (Lipinski definition) is 3. The van der Waals surface area contributed by atoms with Gasteiger partial charge in [0.25, 0.3) is 0 Å². The monoisotopic (exact) mass is 530 g/mol. The summed E-state index contributed by atoms with van der Waals surface area (Å²) in [6.07, 6.45) is 7.51. The zero-order chi connectivity index (χ0) is 22.9. The van der Waals surface area contributed by atoms with E-state index in [4.69, 9.17) is 4.99 Å². The third-order valence-electron chi connectivity index (χ3n) is 7.47. The molecule has 9 heteroatoms. The Morgan fingerprint density at radius 1 is 1.18 bits per heavy atom. The first-order chi connectivity index (χ1) is 15.2. The van der Waals surface area contributed by atoms with Crippen LogP contribution < -0.4 is 10.2 Å². The van der Waals surface area contributed by atoms with Crippen molar-refractivity contribution in [2.75, 3.05) is 18.0 Å². The SMILES string of the molecule is C[C@H]1C[C@]2(CCN1CC[Si](C)(C)C)C(=NC1CCCCC1)NC(=O)N2c1cccc(F)c1.Cl.Cl. The third-order valence-corrected chi connectivity index (χ3v) is 9.19. The minimum absolute atomic E-state index is 0. The molecule has 3 fully saturated rings. The van der Waals surface area contributed by atoms with Crippen molar-refractivity contribution >= 4 is 50.4 Å². The fourth-order valence-corrected chi connectivity index (χ4v) is 6.55. The summed E-state index contributed by atoms with van der Waals surface area (Å²) >= 11 is 0. The average Bonchev–Trinajstić information content (AvgIpc) is 2.98. The lowest BCUT2D eigenvalue weighted by atomic mass is 9.81. The molecule has 192 valence electrons. The smallest absolute Gasteiger partial charge is 0.301 e. The molecule has 2 atom stereocenters. The summed E-state index contributed by atoms with van der Waals surface area (Å²) in [4.78, 5) is 22.8. The molecule has 1 N–H and O–H groups in total. The molecule has 1 aromatic rings. The molecule has 0 unspecified atom stereocenters. The zero-order valence-electron chi connectivity index (χ0n) is 21.0. The summed E-state index contributed by atoms with van der Waals surface area (Å²) in [5, 5.41) is 3.12. The van der Waals surface area contributed by atoms with Gasteiger partial charge in [-0.3, -0.25) is 15.2 Å². The molecule has 1 aromatic carbocycles. The molecule has 1 aliphatic carbocycles. The number of nitrogens with one attached hydrogen (secondary N) is 1. The fraction of sp³-hybridized carbons (Fsp3) is 0.680. The van der Waals surface area contributed by atoms with Gasteiger partial charge in [-0.2, -0.15) is 0 Å². The minimum Gasteiger partial charge on any atom is -0.301 e. The van der Waals surface area contributed by atoms with Gasteiger partial charge in [-0.15, -0.1) is 24.8 Å². The zero-order valence-corrected chi connectivity index (χ0v) is 23.6. The van der Waals surface area contributed by atoms with Crippen LogP contribution in [0.4, 0.5) is 14.9 Å². The van der Waals surface area contributed by atoms with E-state index in [2.05, 4.69) is 36.8 Å². The van der Waals surface area contributed by atoms with Crippen molar-refractivity contribution in [3.05, 3.63) is 30.1 Å². The second kappa shape index (κ2) is 11.7. The van der Waals surface area contributed by atoms with Gasteiger partial charge in [0.2, 0.25) is 0 Å². The first kappa shape index (κ1) is 29.1. The molecule has 2 aliphatic heterocycles. The quantitative estimate of drug-likeness (QED) is 0.442. The van der Waals surface area contributed by atoms with Crippen LogP contribution in [0.15, 0.2) is 29.3 Å². The topological polar surface area (TPSA) is 47.9 Å². The molecular weight excluding hydrogens is 490 g/mol. The Kier molecular flexibility index (Phi) is 10.0. The first-order valence-corrected chi connectivity index (χ1v) is 16.1. The summed E-state index contributed by atoms with van der Waals surface area (Å²) < 4.78 is 14.1. The Bertz CT molecular complexity index is 875. The molecule has 0 radical (unpaired) electrons. The number of amides is 2. The highest BCUT2D eigenvalue weighted by molar-refractivity contribution is 6.76. The van der Waals surface area contributed by atoms with Gasteiger partial charge < -0.3 is 4.90 Å². The van der Waals surface area contributed by atoms with Crippen LogP contribution in [0.3, 0.4) is 0 Å². The maximum absolute atomic E-state index is 14.1. The summed E-state index contributed by atoms with van der Waals surface area (Å²) in [6, 6.07) is 8.16. The van der Waals surface area contributed by atoms with Crippen LogP contribution in [0, 0.1) is 5.82 Å². The Hall–Kier alpha value is -1.15. The Labute approximate surface area is 217 Å². The van der Waals surface area contributed by atoms with Gasteiger partial charge in [0.05, 0.1) is 6.04 Å². The normalized spacial score (nSPS) is 27.4. The molecule has 2 saturated heterocycles. The van der Waals surface area contributed by atoms with Crippen LogP contribution in [0.1, 0.15) is 51.9 Å². The second-order valence-corrected chi connectivity index (χ2v) is 16.8. The van der Waals surface area contributed by atoms with E-state index in [-0.39, 0.29) is 42.7 Å². The molecule has 2 amide bonds. The second-order valence-electron chi connectivity index (χ2n) is 11.2. The summed E-state index contributed by atoms with van der Waals surface area (Å²) in [5.41, 5.74) is 0.108. The van der Waals surface area contributed by atoms with Crippen molar-refractivity contribution in [1.82, 2.24) is 10.2 Å². The predicted molar refractivity (Wildman–Crippen MR) is 147 cm³/mol. The van der Waals surface area contributed by atoms with Crippen LogP contribution in [-0.2, 0) is 0 Å². The highest BCUT2D eigenvalue weighted by Crippen LogP contribution is 2.41. The molecule has 0 aromatic heterocycles. The lowest BCUT2D eigenvalue weighted by Crippen LogP contribution is -2.60. The molecule has 2 heterocycles. The molecule has 34 heavy (non-hydrogen) atoms. The van der Waals surface area contributed by atoms with Gasteiger partial charge in [-0.25, -0.2) is 9.18 Å². The minimum atomic E-state index is -1.12. The van der Waals surface area contributed by atoms with E-state index < -0.39 is 13.6 Å². The number of hydrogen-bond donors (Lipinski definition) is 1. The van der Waals surface area contributed by atoms with E-state index in [1.54, 1.807) is 6.07 Å². The summed E-state index contributed by atoms with van der Waals surface area (Å²) in [6.45, 7) is 11.6. The van der Waals surface area contributed by atoms with E-state index in [1.807, 2.05) is 11.0 Å². The number of anilines is 1. The summed E-state index contributed by atoms with van der Waals surface area (Å²) in [7, 11) is -1.12. The van der Waals surface area contributed by atoms with E-state index in [0.717, 1.165) is 44.6 Å². The average molecular weight is 532 g/mol. The Morgan fingerprint density at radius 2 is 1.88 bits per heavy atom. The fourth-order valence-electron chi connectivity index (χ4n) is 5.60. The number of halogens is 3. The van der Waals surface area contributed by atoms with Gasteiger partial charge in [0, 0.05) is 26.3 Å². The molecular formula is C25H41Cl2FN4OSi. The Morgan fingerprint density at radius 3 is 2.50 bits per heavy atom. The highest BCUT2D eigenvalue weighted by Gasteiger charge is 2.54. The number of urea groups is 1. The molecule has 3 aliphatic rings. The van der Waals surface area contributed by atoms with E-state index >= 15 is 0 Å². The Balaban J connectivity index is 0.00000204. The maximum atomic E-state index is 14.1. The van der Waals surface area contributed by atoms with E-state index in [9.17, 15) is 9.18 Å². The molecule has 1 saturated carbocycles. The predicted octanol–water partition coefficient (Wildman–Crippen LogP) is 6.49. The number of amidine groups is 1.